The molecule has 4 heteroatoms. The van der Waals surface area contributed by atoms with Gasteiger partial charge >= 0.3 is 0 Å². The Morgan fingerprint density at radius 3 is 2.81 bits per heavy atom. The van der Waals surface area contributed by atoms with Crippen molar-refractivity contribution < 1.29 is 9.90 Å². The fraction of sp³-hybridized carbons (Fsp3) is 0.917. The number of rotatable bonds is 6. The van der Waals surface area contributed by atoms with Crippen LogP contribution in [0.15, 0.2) is 0 Å². The highest BCUT2D eigenvalue weighted by atomic mass is 16.3. The summed E-state index contributed by atoms with van der Waals surface area (Å²) >= 11 is 0. The third-order valence-electron chi connectivity index (χ3n) is 3.40. The molecule has 4 nitrogen and oxygen atoms in total. The Hall–Kier alpha value is -0.610. The largest absolute Gasteiger partial charge is 0.393 e. The van der Waals surface area contributed by atoms with Gasteiger partial charge in [-0.3, -0.25) is 4.79 Å². The Balaban J connectivity index is 2.10. The Bertz CT molecular complexity index is 221. The summed E-state index contributed by atoms with van der Waals surface area (Å²) < 4.78 is 0. The number of hydrogen-bond donors (Lipinski definition) is 3. The Kier molecular flexibility index (Phi) is 5.77. The summed E-state index contributed by atoms with van der Waals surface area (Å²) in [6.45, 7) is 5.14. The van der Waals surface area contributed by atoms with Crippen molar-refractivity contribution >= 4 is 5.91 Å². The second-order valence-electron chi connectivity index (χ2n) is 4.75. The maximum absolute atomic E-state index is 11.5. The molecule has 0 aromatic carbocycles. The molecule has 1 rings (SSSR count). The highest BCUT2D eigenvalue weighted by molar-refractivity contribution is 5.78. The van der Waals surface area contributed by atoms with Crippen LogP contribution in [0, 0.1) is 5.92 Å². The van der Waals surface area contributed by atoms with Crippen LogP contribution in [0.3, 0.4) is 0 Å². The molecule has 1 saturated carbocycles. The maximum atomic E-state index is 11.5. The SMILES string of the molecule is CCC(C)NCC(=O)NCC1CCCC1O. The van der Waals surface area contributed by atoms with Gasteiger partial charge in [0.2, 0.25) is 5.91 Å². The first-order chi connectivity index (χ1) is 7.63. The Morgan fingerprint density at radius 2 is 2.25 bits per heavy atom. The molecule has 0 aliphatic heterocycles. The van der Waals surface area contributed by atoms with Crippen LogP contribution in [0.1, 0.15) is 39.5 Å². The zero-order valence-corrected chi connectivity index (χ0v) is 10.3. The van der Waals surface area contributed by atoms with Gasteiger partial charge in [-0.1, -0.05) is 13.3 Å². The maximum Gasteiger partial charge on any atom is 0.233 e. The van der Waals surface area contributed by atoms with Gasteiger partial charge in [0, 0.05) is 18.5 Å². The molecule has 0 aromatic heterocycles. The van der Waals surface area contributed by atoms with E-state index >= 15 is 0 Å². The van der Waals surface area contributed by atoms with Crippen molar-refractivity contribution in [1.82, 2.24) is 10.6 Å². The van der Waals surface area contributed by atoms with E-state index in [2.05, 4.69) is 24.5 Å². The lowest BCUT2D eigenvalue weighted by Gasteiger charge is -2.16. The van der Waals surface area contributed by atoms with Crippen LogP contribution in [0.2, 0.25) is 0 Å². The van der Waals surface area contributed by atoms with E-state index in [1.807, 2.05) is 0 Å². The lowest BCUT2D eigenvalue weighted by atomic mass is 10.1. The quantitative estimate of drug-likeness (QED) is 0.625. The van der Waals surface area contributed by atoms with Crippen molar-refractivity contribution in [2.75, 3.05) is 13.1 Å². The van der Waals surface area contributed by atoms with Crippen molar-refractivity contribution in [1.29, 1.82) is 0 Å². The molecule has 0 heterocycles. The molecule has 0 radical (unpaired) electrons. The average molecular weight is 228 g/mol. The van der Waals surface area contributed by atoms with E-state index in [9.17, 15) is 9.90 Å². The van der Waals surface area contributed by atoms with Crippen LogP contribution < -0.4 is 10.6 Å². The van der Waals surface area contributed by atoms with Crippen molar-refractivity contribution in [3.63, 3.8) is 0 Å². The number of aliphatic hydroxyl groups excluding tert-OH is 1. The summed E-state index contributed by atoms with van der Waals surface area (Å²) in [6, 6.07) is 0.378. The van der Waals surface area contributed by atoms with E-state index < -0.39 is 0 Å². The van der Waals surface area contributed by atoms with Crippen LogP contribution >= 0.6 is 0 Å². The number of hydrogen-bond acceptors (Lipinski definition) is 3. The van der Waals surface area contributed by atoms with Crippen LogP contribution in [0.4, 0.5) is 0 Å². The molecule has 0 aromatic rings. The lowest BCUT2D eigenvalue weighted by molar-refractivity contribution is -0.120. The van der Waals surface area contributed by atoms with E-state index in [0.717, 1.165) is 25.7 Å². The normalized spacial score (nSPS) is 26.7. The number of nitrogens with one attached hydrogen (secondary N) is 2. The van der Waals surface area contributed by atoms with Crippen LogP contribution in [0.5, 0.6) is 0 Å². The lowest BCUT2D eigenvalue weighted by Crippen LogP contribution is -2.40. The highest BCUT2D eigenvalue weighted by Crippen LogP contribution is 2.24. The molecular weight excluding hydrogens is 204 g/mol. The summed E-state index contributed by atoms with van der Waals surface area (Å²) in [5.41, 5.74) is 0. The van der Waals surface area contributed by atoms with Gasteiger partial charge in [-0.2, -0.15) is 0 Å². The van der Waals surface area contributed by atoms with Crippen LogP contribution in [-0.4, -0.2) is 36.2 Å². The van der Waals surface area contributed by atoms with Gasteiger partial charge in [-0.15, -0.1) is 0 Å². The Morgan fingerprint density at radius 1 is 1.50 bits per heavy atom. The van der Waals surface area contributed by atoms with Crippen molar-refractivity contribution in [3.8, 4) is 0 Å². The minimum atomic E-state index is -0.220. The van der Waals surface area contributed by atoms with E-state index in [4.69, 9.17) is 0 Å². The molecule has 16 heavy (non-hydrogen) atoms. The minimum absolute atomic E-state index is 0.0272. The van der Waals surface area contributed by atoms with Gasteiger partial charge in [0.25, 0.3) is 0 Å². The number of amides is 1. The number of carbonyl (C=O) groups excluding carboxylic acids is 1. The molecule has 94 valence electrons. The molecule has 1 aliphatic carbocycles. The highest BCUT2D eigenvalue weighted by Gasteiger charge is 2.25. The van der Waals surface area contributed by atoms with E-state index in [1.165, 1.54) is 0 Å². The van der Waals surface area contributed by atoms with Crippen molar-refractivity contribution in [2.24, 2.45) is 5.92 Å². The third-order valence-corrected chi connectivity index (χ3v) is 3.40. The zero-order valence-electron chi connectivity index (χ0n) is 10.3. The van der Waals surface area contributed by atoms with Crippen molar-refractivity contribution in [3.05, 3.63) is 0 Å². The average Bonchev–Trinajstić information content (AvgIpc) is 2.69. The monoisotopic (exact) mass is 228 g/mol. The molecule has 3 atom stereocenters. The van der Waals surface area contributed by atoms with Gasteiger partial charge in [0.15, 0.2) is 0 Å². The van der Waals surface area contributed by atoms with Gasteiger partial charge in [0.05, 0.1) is 12.6 Å². The summed E-state index contributed by atoms with van der Waals surface area (Å²) in [5, 5.41) is 15.6. The van der Waals surface area contributed by atoms with Crippen LogP contribution in [-0.2, 0) is 4.79 Å². The predicted octanol–water partition coefficient (Wildman–Crippen LogP) is 0.652. The fourth-order valence-corrected chi connectivity index (χ4v) is 1.97. The first-order valence-electron chi connectivity index (χ1n) is 6.31. The molecule has 1 fully saturated rings. The summed E-state index contributed by atoms with van der Waals surface area (Å²) in [4.78, 5) is 11.5. The Labute approximate surface area is 97.8 Å². The van der Waals surface area contributed by atoms with Gasteiger partial charge in [-0.05, 0) is 26.2 Å². The fourth-order valence-electron chi connectivity index (χ4n) is 1.97. The molecule has 1 amide bonds. The molecule has 3 unspecified atom stereocenters. The van der Waals surface area contributed by atoms with E-state index in [-0.39, 0.29) is 17.9 Å². The van der Waals surface area contributed by atoms with E-state index in [0.29, 0.717) is 19.1 Å². The third kappa shape index (κ3) is 4.49. The molecular formula is C12H24N2O2. The summed E-state index contributed by atoms with van der Waals surface area (Å²) in [5.74, 6) is 0.284. The molecule has 3 N–H and O–H groups in total. The van der Waals surface area contributed by atoms with Gasteiger partial charge in [0.1, 0.15) is 0 Å². The molecule has 0 spiro atoms. The molecule has 0 saturated heterocycles. The van der Waals surface area contributed by atoms with Gasteiger partial charge in [-0.25, -0.2) is 0 Å². The second kappa shape index (κ2) is 6.86. The first kappa shape index (κ1) is 13.5. The van der Waals surface area contributed by atoms with Gasteiger partial charge < -0.3 is 15.7 Å². The zero-order chi connectivity index (χ0) is 12.0. The smallest absolute Gasteiger partial charge is 0.233 e. The predicted molar refractivity (Wildman–Crippen MR) is 64.1 cm³/mol. The van der Waals surface area contributed by atoms with Crippen molar-refractivity contribution in [2.45, 2.75) is 51.7 Å². The van der Waals surface area contributed by atoms with Crippen LogP contribution in [0.25, 0.3) is 0 Å². The molecule has 1 aliphatic rings. The summed E-state index contributed by atoms with van der Waals surface area (Å²) in [6.07, 6.45) is 3.79. The first-order valence-corrected chi connectivity index (χ1v) is 6.31. The minimum Gasteiger partial charge on any atom is -0.393 e. The summed E-state index contributed by atoms with van der Waals surface area (Å²) in [7, 11) is 0. The topological polar surface area (TPSA) is 61.4 Å². The second-order valence-corrected chi connectivity index (χ2v) is 4.75. The standard InChI is InChI=1S/C12H24N2O2/c1-3-9(2)13-8-12(16)14-7-10-5-4-6-11(10)15/h9-11,13,15H,3-8H2,1-2H3,(H,14,16). The molecule has 0 bridgehead atoms. The number of carbonyl (C=O) groups is 1. The number of aliphatic hydroxyl groups is 1. The van der Waals surface area contributed by atoms with E-state index in [1.54, 1.807) is 0 Å².